The Morgan fingerprint density at radius 3 is 2.19 bits per heavy atom. The zero-order valence-electron chi connectivity index (χ0n) is 25.7. The van der Waals surface area contributed by atoms with Gasteiger partial charge in [0, 0.05) is 19.2 Å². The maximum Gasteiger partial charge on any atom is 0.264 e. The van der Waals surface area contributed by atoms with Crippen LogP contribution in [0.3, 0.4) is 0 Å². The number of sulfonamides is 1. The van der Waals surface area contributed by atoms with Gasteiger partial charge in [-0.05, 0) is 56.0 Å². The van der Waals surface area contributed by atoms with Gasteiger partial charge in [-0.25, -0.2) is 8.42 Å². The Balaban J connectivity index is 2.04. The first kappa shape index (κ1) is 33.5. The van der Waals surface area contributed by atoms with Crippen LogP contribution in [0.1, 0.15) is 44.2 Å². The van der Waals surface area contributed by atoms with E-state index in [1.54, 1.807) is 24.3 Å². The summed E-state index contributed by atoms with van der Waals surface area (Å²) in [6.45, 7) is 5.99. The minimum absolute atomic E-state index is 0.0425. The zero-order valence-corrected chi connectivity index (χ0v) is 26.5. The lowest BCUT2D eigenvalue weighted by Gasteiger charge is -2.33. The Morgan fingerprint density at radius 1 is 0.907 bits per heavy atom. The highest BCUT2D eigenvalue weighted by atomic mass is 32.2. The van der Waals surface area contributed by atoms with E-state index in [1.165, 1.54) is 37.3 Å². The number of aryl methyl sites for hydroxylation is 1. The van der Waals surface area contributed by atoms with E-state index in [2.05, 4.69) is 5.32 Å². The van der Waals surface area contributed by atoms with Crippen molar-refractivity contribution in [1.82, 2.24) is 10.2 Å². The number of carbonyl (C=O) groups excluding carboxylic acids is 2. The number of ether oxygens (including phenoxy) is 2. The number of rotatable bonds is 16. The zero-order chi connectivity index (χ0) is 31.4. The minimum atomic E-state index is -4.19. The van der Waals surface area contributed by atoms with Crippen molar-refractivity contribution < 1.29 is 27.5 Å². The number of amides is 2. The average molecular weight is 610 g/mol. The molecule has 0 fully saturated rings. The van der Waals surface area contributed by atoms with Crippen molar-refractivity contribution in [3.8, 4) is 11.5 Å². The van der Waals surface area contributed by atoms with Crippen molar-refractivity contribution in [2.24, 2.45) is 0 Å². The largest absolute Gasteiger partial charge is 0.493 e. The second-order valence-corrected chi connectivity index (χ2v) is 12.1. The van der Waals surface area contributed by atoms with Gasteiger partial charge in [-0.15, -0.1) is 0 Å². The quantitative estimate of drug-likeness (QED) is 0.230. The number of methoxy groups -OCH3 is 2. The molecule has 0 aliphatic rings. The normalized spacial score (nSPS) is 11.8. The van der Waals surface area contributed by atoms with E-state index < -0.39 is 28.5 Å². The van der Waals surface area contributed by atoms with Gasteiger partial charge in [-0.3, -0.25) is 13.9 Å². The Kier molecular flexibility index (Phi) is 12.4. The summed E-state index contributed by atoms with van der Waals surface area (Å²) in [5.41, 5.74) is 2.14. The van der Waals surface area contributed by atoms with Crippen molar-refractivity contribution in [3.63, 3.8) is 0 Å². The highest BCUT2D eigenvalue weighted by Crippen LogP contribution is 2.34. The molecule has 0 saturated carbocycles. The Hall–Kier alpha value is -4.05. The summed E-state index contributed by atoms with van der Waals surface area (Å²) in [7, 11) is -1.25. The maximum atomic E-state index is 14.2. The van der Waals surface area contributed by atoms with E-state index in [0.29, 0.717) is 30.9 Å². The molecule has 0 saturated heterocycles. The van der Waals surface area contributed by atoms with Crippen molar-refractivity contribution in [2.75, 3.05) is 38.2 Å². The molecule has 0 radical (unpaired) electrons. The molecule has 0 aliphatic carbocycles. The van der Waals surface area contributed by atoms with Crippen LogP contribution in [0.2, 0.25) is 0 Å². The number of anilines is 1. The SMILES string of the molecule is CCCCNC(=O)C(CC)N(CCc1ccccc1)C(=O)CN(c1ccc(OC)c(OC)c1)S(=O)(=O)c1ccc(C)cc1. The fourth-order valence-corrected chi connectivity index (χ4v) is 6.15. The third-order valence-corrected chi connectivity index (χ3v) is 9.03. The number of unbranched alkanes of at least 4 members (excludes halogenated alkanes) is 1. The van der Waals surface area contributed by atoms with E-state index in [-0.39, 0.29) is 23.0 Å². The van der Waals surface area contributed by atoms with Crippen LogP contribution in [0, 0.1) is 6.92 Å². The molecule has 10 heteroatoms. The Morgan fingerprint density at radius 2 is 1.58 bits per heavy atom. The summed E-state index contributed by atoms with van der Waals surface area (Å²) in [6, 6.07) is 20.1. The van der Waals surface area contributed by atoms with Crippen LogP contribution in [0.25, 0.3) is 0 Å². The van der Waals surface area contributed by atoms with Crippen LogP contribution in [-0.2, 0) is 26.0 Å². The monoisotopic (exact) mass is 609 g/mol. The first-order valence-electron chi connectivity index (χ1n) is 14.6. The van der Waals surface area contributed by atoms with Crippen LogP contribution < -0.4 is 19.1 Å². The summed E-state index contributed by atoms with van der Waals surface area (Å²) in [6.07, 6.45) is 2.62. The van der Waals surface area contributed by atoms with Crippen LogP contribution in [0.15, 0.2) is 77.7 Å². The third-order valence-electron chi connectivity index (χ3n) is 7.24. The minimum Gasteiger partial charge on any atom is -0.493 e. The second-order valence-electron chi connectivity index (χ2n) is 10.3. The van der Waals surface area contributed by atoms with Gasteiger partial charge in [0.1, 0.15) is 12.6 Å². The molecule has 2 amide bonds. The summed E-state index contributed by atoms with van der Waals surface area (Å²) < 4.78 is 40.0. The average Bonchev–Trinajstić information content (AvgIpc) is 3.02. The van der Waals surface area contributed by atoms with Crippen LogP contribution in [0.4, 0.5) is 5.69 Å². The Bertz CT molecular complexity index is 1450. The molecule has 0 heterocycles. The number of carbonyl (C=O) groups is 2. The molecule has 1 atom stereocenters. The fraction of sp³-hybridized carbons (Fsp3) is 0.394. The summed E-state index contributed by atoms with van der Waals surface area (Å²) in [5.74, 6) is -0.000847. The molecule has 3 aromatic rings. The van der Waals surface area contributed by atoms with Crippen molar-refractivity contribution in [3.05, 3.63) is 83.9 Å². The fourth-order valence-electron chi connectivity index (χ4n) is 4.75. The molecular formula is C33H43N3O6S. The topological polar surface area (TPSA) is 105 Å². The van der Waals surface area contributed by atoms with Gasteiger partial charge in [0.15, 0.2) is 11.5 Å². The van der Waals surface area contributed by atoms with Crippen LogP contribution >= 0.6 is 0 Å². The maximum absolute atomic E-state index is 14.2. The van der Waals surface area contributed by atoms with Gasteiger partial charge < -0.3 is 19.7 Å². The number of hydrogen-bond donors (Lipinski definition) is 1. The first-order chi connectivity index (χ1) is 20.7. The van der Waals surface area contributed by atoms with Crippen LogP contribution in [0.5, 0.6) is 11.5 Å². The molecule has 1 N–H and O–H groups in total. The van der Waals surface area contributed by atoms with E-state index >= 15 is 0 Å². The van der Waals surface area contributed by atoms with Gasteiger partial charge >= 0.3 is 0 Å². The molecule has 232 valence electrons. The summed E-state index contributed by atoms with van der Waals surface area (Å²) in [5, 5.41) is 2.95. The highest BCUT2D eigenvalue weighted by Gasteiger charge is 2.33. The van der Waals surface area contributed by atoms with E-state index in [9.17, 15) is 18.0 Å². The summed E-state index contributed by atoms with van der Waals surface area (Å²) >= 11 is 0. The summed E-state index contributed by atoms with van der Waals surface area (Å²) in [4.78, 5) is 29.0. The lowest BCUT2D eigenvalue weighted by atomic mass is 10.1. The van der Waals surface area contributed by atoms with Gasteiger partial charge in [-0.2, -0.15) is 0 Å². The van der Waals surface area contributed by atoms with Crippen LogP contribution in [-0.4, -0.2) is 65.0 Å². The highest BCUT2D eigenvalue weighted by molar-refractivity contribution is 7.92. The van der Waals surface area contributed by atoms with Gasteiger partial charge in [-0.1, -0.05) is 68.3 Å². The lowest BCUT2D eigenvalue weighted by Crippen LogP contribution is -2.53. The molecule has 0 spiro atoms. The van der Waals surface area contributed by atoms with E-state index in [4.69, 9.17) is 9.47 Å². The predicted octanol–water partition coefficient (Wildman–Crippen LogP) is 4.97. The van der Waals surface area contributed by atoms with Crippen molar-refractivity contribution >= 4 is 27.5 Å². The Labute approximate surface area is 255 Å². The smallest absolute Gasteiger partial charge is 0.264 e. The van der Waals surface area contributed by atoms with E-state index in [1.807, 2.05) is 51.1 Å². The number of benzene rings is 3. The molecule has 0 aromatic heterocycles. The van der Waals surface area contributed by atoms with Gasteiger partial charge in [0.25, 0.3) is 10.0 Å². The number of hydrogen-bond acceptors (Lipinski definition) is 6. The standard InChI is InChI=1S/C33H43N3O6S/c1-6-8-21-34-33(38)29(7-2)35(22-20-26-12-10-9-11-13-26)32(37)24-36(27-16-19-30(41-4)31(23-27)42-5)43(39,40)28-17-14-25(3)15-18-28/h9-19,23,29H,6-8,20-22,24H2,1-5H3,(H,34,38). The third kappa shape index (κ3) is 8.73. The predicted molar refractivity (Wildman–Crippen MR) is 169 cm³/mol. The molecule has 43 heavy (non-hydrogen) atoms. The molecule has 9 nitrogen and oxygen atoms in total. The molecule has 0 bridgehead atoms. The van der Waals surface area contributed by atoms with Crippen molar-refractivity contribution in [1.29, 1.82) is 0 Å². The van der Waals surface area contributed by atoms with Gasteiger partial charge in [0.05, 0.1) is 24.8 Å². The lowest BCUT2D eigenvalue weighted by molar-refractivity contribution is -0.139. The number of nitrogens with zero attached hydrogens (tertiary/aromatic N) is 2. The second kappa shape index (κ2) is 16.0. The van der Waals surface area contributed by atoms with E-state index in [0.717, 1.165) is 28.3 Å². The molecule has 1 unspecified atom stereocenters. The molecule has 3 aromatic carbocycles. The number of nitrogens with one attached hydrogen (secondary N) is 1. The molecule has 3 rings (SSSR count). The first-order valence-corrected chi connectivity index (χ1v) is 16.0. The van der Waals surface area contributed by atoms with Gasteiger partial charge in [0.2, 0.25) is 11.8 Å². The van der Waals surface area contributed by atoms with Crippen molar-refractivity contribution in [2.45, 2.75) is 57.4 Å². The molecule has 0 aliphatic heterocycles. The molecular weight excluding hydrogens is 566 g/mol.